The molecule has 0 saturated carbocycles. The van der Waals surface area contributed by atoms with E-state index in [0.29, 0.717) is 13.1 Å². The molecule has 2 rings (SSSR count). The molecule has 0 aliphatic rings. The zero-order valence-electron chi connectivity index (χ0n) is 19.7. The maximum absolute atomic E-state index is 6.18. The number of nitrogens with two attached hydrogens (primary N) is 2. The molecule has 2 atom stereocenters. The van der Waals surface area contributed by atoms with Crippen molar-refractivity contribution >= 4 is 63.7 Å². The number of rotatable bonds is 12. The van der Waals surface area contributed by atoms with Crippen LogP contribution in [0.4, 0.5) is 0 Å². The van der Waals surface area contributed by atoms with E-state index < -0.39 is 0 Å². The SMILES string of the molecule is CC(CCCN)Oc1c(Br)cc(C(C)(C)c2cc(Br)c(OC(C)CCCN)c(Br)c2)cc1Br. The van der Waals surface area contributed by atoms with Crippen LogP contribution in [0, 0.1) is 0 Å². The van der Waals surface area contributed by atoms with Gasteiger partial charge in [0.25, 0.3) is 0 Å². The minimum atomic E-state index is -0.260. The molecule has 0 aromatic heterocycles. The van der Waals surface area contributed by atoms with Gasteiger partial charge in [-0.3, -0.25) is 0 Å². The summed E-state index contributed by atoms with van der Waals surface area (Å²) < 4.78 is 16.1. The van der Waals surface area contributed by atoms with Crippen molar-refractivity contribution in [1.29, 1.82) is 0 Å². The van der Waals surface area contributed by atoms with Crippen molar-refractivity contribution < 1.29 is 9.47 Å². The monoisotopic (exact) mass is 710 g/mol. The Morgan fingerprint density at radius 2 is 1.00 bits per heavy atom. The second-order valence-electron chi connectivity index (χ2n) is 8.88. The van der Waals surface area contributed by atoms with E-state index in [2.05, 4.69) is 116 Å². The molecule has 2 aromatic rings. The summed E-state index contributed by atoms with van der Waals surface area (Å²) in [6.45, 7) is 9.91. The molecule has 4 nitrogen and oxygen atoms in total. The predicted molar refractivity (Wildman–Crippen MR) is 153 cm³/mol. The molecule has 4 N–H and O–H groups in total. The van der Waals surface area contributed by atoms with Gasteiger partial charge >= 0.3 is 0 Å². The van der Waals surface area contributed by atoms with Gasteiger partial charge in [0.1, 0.15) is 11.5 Å². The van der Waals surface area contributed by atoms with E-state index in [1.807, 2.05) is 0 Å². The molecule has 0 bridgehead atoms. The summed E-state index contributed by atoms with van der Waals surface area (Å²) in [7, 11) is 0. The van der Waals surface area contributed by atoms with Crippen LogP contribution >= 0.6 is 63.7 Å². The van der Waals surface area contributed by atoms with Crippen LogP contribution in [0.25, 0.3) is 0 Å². The van der Waals surface area contributed by atoms with Gasteiger partial charge in [-0.15, -0.1) is 0 Å². The van der Waals surface area contributed by atoms with Crippen molar-refractivity contribution in [3.63, 3.8) is 0 Å². The lowest BCUT2D eigenvalue weighted by Crippen LogP contribution is -2.20. The fraction of sp³-hybridized carbons (Fsp3) is 0.520. The van der Waals surface area contributed by atoms with Crippen molar-refractivity contribution in [3.05, 3.63) is 53.3 Å². The van der Waals surface area contributed by atoms with Gasteiger partial charge in [-0.05, 0) is 152 Å². The lowest BCUT2D eigenvalue weighted by molar-refractivity contribution is 0.206. The number of hydrogen-bond donors (Lipinski definition) is 2. The summed E-state index contributed by atoms with van der Waals surface area (Å²) in [5.74, 6) is 1.63. The molecule has 8 heteroatoms. The summed E-state index contributed by atoms with van der Waals surface area (Å²) in [6, 6.07) is 8.54. The molecule has 0 aliphatic carbocycles. The third-order valence-corrected chi connectivity index (χ3v) is 8.06. The second kappa shape index (κ2) is 13.3. The van der Waals surface area contributed by atoms with Gasteiger partial charge in [0.15, 0.2) is 0 Å². The fourth-order valence-corrected chi connectivity index (χ4v) is 6.31. The molecule has 0 spiro atoms. The molecule has 33 heavy (non-hydrogen) atoms. The highest BCUT2D eigenvalue weighted by molar-refractivity contribution is 9.11. The van der Waals surface area contributed by atoms with Crippen molar-refractivity contribution in [2.45, 2.75) is 71.0 Å². The van der Waals surface area contributed by atoms with E-state index in [1.54, 1.807) is 0 Å². The highest BCUT2D eigenvalue weighted by atomic mass is 79.9. The van der Waals surface area contributed by atoms with E-state index in [4.69, 9.17) is 20.9 Å². The van der Waals surface area contributed by atoms with Crippen molar-refractivity contribution in [3.8, 4) is 11.5 Å². The van der Waals surface area contributed by atoms with Gasteiger partial charge in [-0.1, -0.05) is 13.8 Å². The van der Waals surface area contributed by atoms with Crippen LogP contribution in [0.2, 0.25) is 0 Å². The standard InChI is InChI=1S/C25H34Br4N2O2/c1-15(7-5-9-30)32-23-19(26)11-17(12-20(23)27)25(3,4)18-13-21(28)24(22(29)14-18)33-16(2)8-6-10-31/h11-16H,5-10,30-31H2,1-4H3. The minimum Gasteiger partial charge on any atom is -0.488 e. The Balaban J connectivity index is 2.32. The van der Waals surface area contributed by atoms with Crippen LogP contribution in [-0.2, 0) is 5.41 Å². The maximum atomic E-state index is 6.18. The number of benzene rings is 2. The predicted octanol–water partition coefficient (Wildman–Crippen LogP) is 8.07. The third kappa shape index (κ3) is 7.94. The zero-order chi connectivity index (χ0) is 24.8. The molecule has 0 amide bonds. The Morgan fingerprint density at radius 1 is 0.697 bits per heavy atom. The summed E-state index contributed by atoms with van der Waals surface area (Å²) in [5.41, 5.74) is 13.3. The Hall–Kier alpha value is -0.120. The highest BCUT2D eigenvalue weighted by Crippen LogP contribution is 2.44. The Bertz CT molecular complexity index is 817. The van der Waals surface area contributed by atoms with Gasteiger partial charge in [-0.25, -0.2) is 0 Å². The molecule has 2 aromatic carbocycles. The van der Waals surface area contributed by atoms with Crippen LogP contribution in [0.5, 0.6) is 11.5 Å². The van der Waals surface area contributed by atoms with E-state index in [-0.39, 0.29) is 17.6 Å². The van der Waals surface area contributed by atoms with Crippen molar-refractivity contribution in [2.75, 3.05) is 13.1 Å². The average Bonchev–Trinajstić information content (AvgIpc) is 2.75. The average molecular weight is 714 g/mol. The Kier molecular flexibility index (Phi) is 11.7. The van der Waals surface area contributed by atoms with Gasteiger partial charge in [0.05, 0.1) is 30.1 Å². The van der Waals surface area contributed by atoms with E-state index in [0.717, 1.165) is 66.2 Å². The van der Waals surface area contributed by atoms with Gasteiger partial charge in [-0.2, -0.15) is 0 Å². The van der Waals surface area contributed by atoms with Gasteiger partial charge in [0, 0.05) is 5.41 Å². The maximum Gasteiger partial charge on any atom is 0.148 e. The van der Waals surface area contributed by atoms with Crippen LogP contribution in [0.3, 0.4) is 0 Å². The first-order valence-corrected chi connectivity index (χ1v) is 14.4. The topological polar surface area (TPSA) is 70.5 Å². The molecular formula is C25H34Br4N2O2. The van der Waals surface area contributed by atoms with Crippen molar-refractivity contribution in [1.82, 2.24) is 0 Å². The molecular weight excluding hydrogens is 680 g/mol. The first-order valence-electron chi connectivity index (χ1n) is 11.2. The van der Waals surface area contributed by atoms with Crippen LogP contribution < -0.4 is 20.9 Å². The number of halogens is 4. The van der Waals surface area contributed by atoms with Gasteiger partial charge in [0.2, 0.25) is 0 Å². The molecule has 0 radical (unpaired) electrons. The quantitative estimate of drug-likeness (QED) is 0.234. The lowest BCUT2D eigenvalue weighted by atomic mass is 9.78. The largest absolute Gasteiger partial charge is 0.488 e. The van der Waals surface area contributed by atoms with Crippen LogP contribution in [-0.4, -0.2) is 25.3 Å². The lowest BCUT2D eigenvalue weighted by Gasteiger charge is -2.29. The number of ether oxygens (including phenoxy) is 2. The third-order valence-electron chi connectivity index (χ3n) is 5.71. The number of hydrogen-bond acceptors (Lipinski definition) is 4. The fourth-order valence-electron chi connectivity index (χ4n) is 3.56. The molecule has 0 heterocycles. The van der Waals surface area contributed by atoms with E-state index >= 15 is 0 Å². The second-order valence-corrected chi connectivity index (χ2v) is 12.3. The van der Waals surface area contributed by atoms with Crippen LogP contribution in [0.15, 0.2) is 42.2 Å². The van der Waals surface area contributed by atoms with E-state index in [9.17, 15) is 0 Å². The Labute approximate surface area is 232 Å². The normalized spacial score (nSPS) is 13.6. The summed E-state index contributed by atoms with van der Waals surface area (Å²) in [4.78, 5) is 0. The van der Waals surface area contributed by atoms with Crippen LogP contribution in [0.1, 0.15) is 64.5 Å². The Morgan fingerprint density at radius 3 is 1.27 bits per heavy atom. The zero-order valence-corrected chi connectivity index (χ0v) is 26.0. The smallest absolute Gasteiger partial charge is 0.148 e. The molecule has 2 unspecified atom stereocenters. The first-order chi connectivity index (χ1) is 15.5. The molecule has 0 fully saturated rings. The van der Waals surface area contributed by atoms with E-state index in [1.165, 1.54) is 0 Å². The highest BCUT2D eigenvalue weighted by Gasteiger charge is 2.28. The molecule has 0 saturated heterocycles. The molecule has 0 aliphatic heterocycles. The van der Waals surface area contributed by atoms with Crippen molar-refractivity contribution in [2.24, 2.45) is 11.5 Å². The molecule has 184 valence electrons. The van der Waals surface area contributed by atoms with Gasteiger partial charge < -0.3 is 20.9 Å². The minimum absolute atomic E-state index is 0.0895. The summed E-state index contributed by atoms with van der Waals surface area (Å²) in [6.07, 6.45) is 3.90. The summed E-state index contributed by atoms with van der Waals surface area (Å²) in [5, 5.41) is 0. The summed E-state index contributed by atoms with van der Waals surface area (Å²) >= 11 is 14.9. The first kappa shape index (κ1) is 29.1.